The third-order valence-corrected chi connectivity index (χ3v) is 6.81. The number of halogens is 1. The van der Waals surface area contributed by atoms with Crippen LogP contribution in [0.5, 0.6) is 17.2 Å². The van der Waals surface area contributed by atoms with Gasteiger partial charge in [-0.2, -0.15) is 0 Å². The number of rotatable bonds is 9. The molecule has 0 radical (unpaired) electrons. The van der Waals surface area contributed by atoms with Crippen molar-refractivity contribution in [3.63, 3.8) is 0 Å². The summed E-state index contributed by atoms with van der Waals surface area (Å²) in [7, 11) is 4.86. The lowest BCUT2D eigenvalue weighted by atomic mass is 9.86. The number of hydrogen-bond donors (Lipinski definition) is 1. The Labute approximate surface area is 212 Å². The van der Waals surface area contributed by atoms with Crippen molar-refractivity contribution < 1.29 is 23.4 Å². The standard InChI is InChI=1S/C29H33FN2O4/c1-5-25(31-29(33)20-8-12-23(34-2)13-9-20)28-24-17-27(36-4)26(35-3)16-21(24)14-15-32(28)18-19-6-10-22(30)11-7-19/h6-13,16-17,25,28H,5,14-15,18H2,1-4H3,(H,31,33)/t25-,28+/m1/s1. The minimum absolute atomic E-state index is 0.106. The number of carbonyl (C=O) groups is 1. The molecule has 1 amide bonds. The van der Waals surface area contributed by atoms with Crippen LogP contribution < -0.4 is 19.5 Å². The first-order chi connectivity index (χ1) is 17.5. The predicted octanol–water partition coefficient (Wildman–Crippen LogP) is 5.16. The molecule has 0 spiro atoms. The highest BCUT2D eigenvalue weighted by atomic mass is 19.1. The van der Waals surface area contributed by atoms with Gasteiger partial charge < -0.3 is 19.5 Å². The van der Waals surface area contributed by atoms with Gasteiger partial charge in [0.25, 0.3) is 5.91 Å². The number of benzene rings is 3. The topological polar surface area (TPSA) is 60.0 Å². The van der Waals surface area contributed by atoms with Gasteiger partial charge in [-0.1, -0.05) is 19.1 Å². The van der Waals surface area contributed by atoms with Gasteiger partial charge >= 0.3 is 0 Å². The molecule has 1 aliphatic rings. The number of carbonyl (C=O) groups excluding carboxylic acids is 1. The molecule has 1 heterocycles. The molecule has 3 aromatic carbocycles. The summed E-state index contributed by atoms with van der Waals surface area (Å²) in [6.45, 7) is 3.50. The molecule has 3 aromatic rings. The molecule has 190 valence electrons. The van der Waals surface area contributed by atoms with Gasteiger partial charge in [-0.05, 0) is 78.1 Å². The quantitative estimate of drug-likeness (QED) is 0.447. The molecule has 0 fully saturated rings. The molecule has 1 N–H and O–H groups in total. The van der Waals surface area contributed by atoms with E-state index in [9.17, 15) is 9.18 Å². The van der Waals surface area contributed by atoms with Crippen LogP contribution in [0, 0.1) is 5.82 Å². The van der Waals surface area contributed by atoms with Crippen LogP contribution in [0.4, 0.5) is 4.39 Å². The average Bonchev–Trinajstić information content (AvgIpc) is 2.92. The van der Waals surface area contributed by atoms with Crippen LogP contribution in [0.3, 0.4) is 0 Å². The number of methoxy groups -OCH3 is 3. The lowest BCUT2D eigenvalue weighted by molar-refractivity contribution is 0.0859. The Balaban J connectivity index is 1.69. The van der Waals surface area contributed by atoms with E-state index < -0.39 is 0 Å². The van der Waals surface area contributed by atoms with Crippen LogP contribution in [-0.4, -0.2) is 44.7 Å². The molecule has 0 saturated heterocycles. The number of hydrogen-bond acceptors (Lipinski definition) is 5. The summed E-state index contributed by atoms with van der Waals surface area (Å²) in [5, 5.41) is 3.27. The van der Waals surface area contributed by atoms with Gasteiger partial charge in [0.15, 0.2) is 11.5 Å². The van der Waals surface area contributed by atoms with E-state index in [2.05, 4.69) is 17.1 Å². The second-order valence-corrected chi connectivity index (χ2v) is 8.91. The Morgan fingerprint density at radius 2 is 1.67 bits per heavy atom. The van der Waals surface area contributed by atoms with Crippen molar-refractivity contribution in [2.75, 3.05) is 27.9 Å². The van der Waals surface area contributed by atoms with Crippen molar-refractivity contribution in [3.8, 4) is 17.2 Å². The summed E-state index contributed by atoms with van der Waals surface area (Å²) in [6, 6.07) is 17.5. The number of amides is 1. The molecule has 6 nitrogen and oxygen atoms in total. The highest BCUT2D eigenvalue weighted by molar-refractivity contribution is 5.94. The van der Waals surface area contributed by atoms with Crippen LogP contribution in [0.25, 0.3) is 0 Å². The Hall–Kier alpha value is -3.58. The highest BCUT2D eigenvalue weighted by Gasteiger charge is 2.35. The number of nitrogens with zero attached hydrogens (tertiary/aromatic N) is 1. The van der Waals surface area contributed by atoms with Gasteiger partial charge in [-0.25, -0.2) is 4.39 Å². The zero-order valence-corrected chi connectivity index (χ0v) is 21.2. The first-order valence-electron chi connectivity index (χ1n) is 12.2. The van der Waals surface area contributed by atoms with Crippen molar-refractivity contribution in [2.24, 2.45) is 0 Å². The minimum atomic E-state index is -0.255. The maximum Gasteiger partial charge on any atom is 0.251 e. The van der Waals surface area contributed by atoms with Crippen LogP contribution in [0.15, 0.2) is 60.7 Å². The largest absolute Gasteiger partial charge is 0.497 e. The zero-order valence-electron chi connectivity index (χ0n) is 21.2. The third kappa shape index (κ3) is 5.46. The van der Waals surface area contributed by atoms with Gasteiger partial charge in [-0.15, -0.1) is 0 Å². The molecule has 0 aliphatic carbocycles. The minimum Gasteiger partial charge on any atom is -0.497 e. The normalized spacial score (nSPS) is 16.1. The number of nitrogens with one attached hydrogen (secondary N) is 1. The summed E-state index contributed by atoms with van der Waals surface area (Å²) in [6.07, 6.45) is 1.55. The molecule has 1 aliphatic heterocycles. The van der Waals surface area contributed by atoms with Crippen LogP contribution in [-0.2, 0) is 13.0 Å². The van der Waals surface area contributed by atoms with E-state index in [4.69, 9.17) is 14.2 Å². The van der Waals surface area contributed by atoms with E-state index in [1.807, 2.05) is 24.3 Å². The molecular formula is C29H33FN2O4. The van der Waals surface area contributed by atoms with Crippen LogP contribution in [0.1, 0.15) is 46.4 Å². The van der Waals surface area contributed by atoms with Gasteiger partial charge in [0.1, 0.15) is 11.6 Å². The lowest BCUT2D eigenvalue weighted by Gasteiger charge is -2.42. The van der Waals surface area contributed by atoms with E-state index in [1.54, 1.807) is 45.6 Å². The van der Waals surface area contributed by atoms with Gasteiger partial charge in [-0.3, -0.25) is 9.69 Å². The Kier molecular flexibility index (Phi) is 8.10. The monoisotopic (exact) mass is 492 g/mol. The van der Waals surface area contributed by atoms with Crippen LogP contribution in [0.2, 0.25) is 0 Å². The lowest BCUT2D eigenvalue weighted by Crippen LogP contribution is -2.48. The van der Waals surface area contributed by atoms with E-state index in [-0.39, 0.29) is 23.8 Å². The SMILES string of the molecule is CC[C@@H](NC(=O)c1ccc(OC)cc1)[C@@H]1c2cc(OC)c(OC)cc2CCN1Cc1ccc(F)cc1. The second kappa shape index (κ2) is 11.4. The summed E-state index contributed by atoms with van der Waals surface area (Å²) in [4.78, 5) is 15.6. The maximum absolute atomic E-state index is 13.5. The molecule has 0 unspecified atom stereocenters. The number of ether oxygens (including phenoxy) is 3. The molecular weight excluding hydrogens is 459 g/mol. The van der Waals surface area contributed by atoms with Gasteiger partial charge in [0.05, 0.1) is 27.4 Å². The molecule has 2 atom stereocenters. The zero-order chi connectivity index (χ0) is 25.7. The first kappa shape index (κ1) is 25.5. The van der Waals surface area contributed by atoms with E-state index >= 15 is 0 Å². The predicted molar refractivity (Wildman–Crippen MR) is 137 cm³/mol. The number of fused-ring (bicyclic) bond motifs is 1. The van der Waals surface area contributed by atoms with E-state index in [0.717, 1.165) is 30.5 Å². The van der Waals surface area contributed by atoms with Crippen molar-refractivity contribution in [1.29, 1.82) is 0 Å². The summed E-state index contributed by atoms with van der Waals surface area (Å²) < 4.78 is 29.9. The molecule has 0 saturated carbocycles. The van der Waals surface area contributed by atoms with Crippen molar-refractivity contribution in [3.05, 3.63) is 88.7 Å². The van der Waals surface area contributed by atoms with E-state index in [0.29, 0.717) is 29.4 Å². The van der Waals surface area contributed by atoms with Gasteiger partial charge in [0, 0.05) is 24.7 Å². The summed E-state index contributed by atoms with van der Waals surface area (Å²) >= 11 is 0. The van der Waals surface area contributed by atoms with E-state index in [1.165, 1.54) is 17.7 Å². The van der Waals surface area contributed by atoms with Crippen molar-refractivity contribution in [1.82, 2.24) is 10.2 Å². The molecule has 0 bridgehead atoms. The maximum atomic E-state index is 13.5. The molecule has 4 rings (SSSR count). The molecule has 0 aromatic heterocycles. The summed E-state index contributed by atoms with van der Waals surface area (Å²) in [5.74, 6) is 1.65. The summed E-state index contributed by atoms with van der Waals surface area (Å²) in [5.41, 5.74) is 3.86. The second-order valence-electron chi connectivity index (χ2n) is 8.91. The fourth-order valence-corrected chi connectivity index (χ4v) is 4.90. The fourth-order valence-electron chi connectivity index (χ4n) is 4.90. The van der Waals surface area contributed by atoms with Crippen molar-refractivity contribution in [2.45, 2.75) is 38.4 Å². The third-order valence-electron chi connectivity index (χ3n) is 6.81. The van der Waals surface area contributed by atoms with Crippen LogP contribution >= 0.6 is 0 Å². The first-order valence-corrected chi connectivity index (χ1v) is 12.2. The average molecular weight is 493 g/mol. The smallest absolute Gasteiger partial charge is 0.251 e. The van der Waals surface area contributed by atoms with Crippen molar-refractivity contribution >= 4 is 5.91 Å². The Bertz CT molecular complexity index is 1180. The molecule has 7 heteroatoms. The fraction of sp³-hybridized carbons (Fsp3) is 0.345. The van der Waals surface area contributed by atoms with Gasteiger partial charge in [0.2, 0.25) is 0 Å². The molecule has 36 heavy (non-hydrogen) atoms. The highest BCUT2D eigenvalue weighted by Crippen LogP contribution is 2.40. The Morgan fingerprint density at radius 1 is 1.00 bits per heavy atom. The Morgan fingerprint density at radius 3 is 2.28 bits per heavy atom.